The van der Waals surface area contributed by atoms with Gasteiger partial charge in [0.05, 0.1) is 0 Å². The molecule has 0 aromatic rings. The van der Waals surface area contributed by atoms with Crippen molar-refractivity contribution < 1.29 is 19.7 Å². The molecule has 0 heterocycles. The molecule has 4 nitrogen and oxygen atoms in total. The normalized spacial score (nSPS) is 10.8. The highest BCUT2D eigenvalue weighted by molar-refractivity contribution is 5.66. The van der Waals surface area contributed by atoms with E-state index in [0.717, 1.165) is 58.2 Å². The number of carboxylic acid groups (broad SMARTS) is 1. The van der Waals surface area contributed by atoms with Gasteiger partial charge in [0.2, 0.25) is 0 Å². The van der Waals surface area contributed by atoms with E-state index in [9.17, 15) is 4.79 Å². The van der Waals surface area contributed by atoms with Crippen LogP contribution in [0.15, 0.2) is 0 Å². The van der Waals surface area contributed by atoms with Crippen LogP contribution >= 0.6 is 0 Å². The molecule has 0 aromatic heterocycles. The van der Waals surface area contributed by atoms with Gasteiger partial charge in [0.1, 0.15) is 0 Å². The summed E-state index contributed by atoms with van der Waals surface area (Å²) < 4.78 is 5.50. The van der Waals surface area contributed by atoms with Crippen molar-refractivity contribution >= 4 is 5.97 Å². The second-order valence-electron chi connectivity index (χ2n) is 5.02. The first-order valence-corrected chi connectivity index (χ1v) is 7.67. The Kier molecular flexibility index (Phi) is 15.0. The Hall–Kier alpha value is -0.610. The lowest BCUT2D eigenvalue weighted by Crippen LogP contribution is -1.97. The zero-order valence-electron chi connectivity index (χ0n) is 12.1. The summed E-state index contributed by atoms with van der Waals surface area (Å²) >= 11 is 0. The van der Waals surface area contributed by atoms with Gasteiger partial charge >= 0.3 is 5.97 Å². The fraction of sp³-hybridized carbons (Fsp3) is 0.933. The van der Waals surface area contributed by atoms with Crippen molar-refractivity contribution in [2.24, 2.45) is 0 Å². The first-order chi connectivity index (χ1) is 9.27. The minimum Gasteiger partial charge on any atom is -0.481 e. The molecule has 0 fully saturated rings. The molecule has 2 N–H and O–H groups in total. The Labute approximate surface area is 117 Å². The van der Waals surface area contributed by atoms with Gasteiger partial charge in [-0.25, -0.2) is 0 Å². The molecule has 0 bridgehead atoms. The van der Waals surface area contributed by atoms with Crippen molar-refractivity contribution in [3.63, 3.8) is 0 Å². The van der Waals surface area contributed by atoms with Crippen molar-refractivity contribution in [3.05, 3.63) is 0 Å². The van der Waals surface area contributed by atoms with Crippen LogP contribution in [-0.4, -0.2) is 36.0 Å². The van der Waals surface area contributed by atoms with E-state index in [2.05, 4.69) is 0 Å². The fourth-order valence-electron chi connectivity index (χ4n) is 1.96. The fourth-order valence-corrected chi connectivity index (χ4v) is 1.96. The number of carboxylic acids is 1. The average Bonchev–Trinajstić information content (AvgIpc) is 2.39. The van der Waals surface area contributed by atoms with Gasteiger partial charge in [0, 0.05) is 26.2 Å². The zero-order valence-corrected chi connectivity index (χ0v) is 12.1. The van der Waals surface area contributed by atoms with Gasteiger partial charge in [-0.05, 0) is 32.1 Å². The molecule has 19 heavy (non-hydrogen) atoms. The molecule has 114 valence electrons. The Morgan fingerprint density at radius 3 is 1.74 bits per heavy atom. The maximum Gasteiger partial charge on any atom is 0.303 e. The predicted molar refractivity (Wildman–Crippen MR) is 76.3 cm³/mol. The summed E-state index contributed by atoms with van der Waals surface area (Å²) in [4.78, 5) is 10.3. The van der Waals surface area contributed by atoms with Gasteiger partial charge in [0.15, 0.2) is 0 Å². The van der Waals surface area contributed by atoms with Gasteiger partial charge in [0.25, 0.3) is 0 Å². The van der Waals surface area contributed by atoms with Crippen LogP contribution in [0.1, 0.15) is 70.6 Å². The SMILES string of the molecule is O=C(O)CCCCCCCCCOCCCCCO. The van der Waals surface area contributed by atoms with E-state index in [0.29, 0.717) is 6.42 Å². The van der Waals surface area contributed by atoms with Crippen LogP contribution in [0.4, 0.5) is 0 Å². The van der Waals surface area contributed by atoms with E-state index in [-0.39, 0.29) is 6.61 Å². The van der Waals surface area contributed by atoms with Crippen molar-refractivity contribution in [1.29, 1.82) is 0 Å². The number of unbranched alkanes of at least 4 members (excludes halogenated alkanes) is 8. The summed E-state index contributed by atoms with van der Waals surface area (Å²) in [6, 6.07) is 0. The lowest BCUT2D eigenvalue weighted by atomic mass is 10.1. The smallest absolute Gasteiger partial charge is 0.303 e. The van der Waals surface area contributed by atoms with Gasteiger partial charge in [-0.3, -0.25) is 4.79 Å². The Balaban J connectivity index is 2.93. The molecule has 0 unspecified atom stereocenters. The number of hydrogen-bond donors (Lipinski definition) is 2. The van der Waals surface area contributed by atoms with E-state index >= 15 is 0 Å². The number of aliphatic carboxylic acids is 1. The zero-order chi connectivity index (χ0) is 14.2. The Morgan fingerprint density at radius 2 is 1.21 bits per heavy atom. The molecular formula is C15H30O4. The molecule has 0 amide bonds. The van der Waals surface area contributed by atoms with Gasteiger partial charge in [-0.1, -0.05) is 32.1 Å². The second-order valence-corrected chi connectivity index (χ2v) is 5.02. The first-order valence-electron chi connectivity index (χ1n) is 7.67. The summed E-state index contributed by atoms with van der Waals surface area (Å²) in [5, 5.41) is 17.1. The molecule has 0 aliphatic heterocycles. The topological polar surface area (TPSA) is 66.8 Å². The third kappa shape index (κ3) is 17.4. The predicted octanol–water partition coefficient (Wildman–Crippen LogP) is 3.37. The van der Waals surface area contributed by atoms with E-state index in [1.807, 2.05) is 0 Å². The summed E-state index contributed by atoms with van der Waals surface area (Å²) in [7, 11) is 0. The van der Waals surface area contributed by atoms with E-state index < -0.39 is 5.97 Å². The third-order valence-corrected chi connectivity index (χ3v) is 3.13. The van der Waals surface area contributed by atoms with Crippen molar-refractivity contribution in [2.45, 2.75) is 70.6 Å². The quantitative estimate of drug-likeness (QED) is 0.449. The number of carbonyl (C=O) groups is 1. The summed E-state index contributed by atoms with van der Waals surface area (Å²) in [6.45, 7) is 1.94. The van der Waals surface area contributed by atoms with Crippen molar-refractivity contribution in [2.75, 3.05) is 19.8 Å². The monoisotopic (exact) mass is 274 g/mol. The van der Waals surface area contributed by atoms with Gasteiger partial charge < -0.3 is 14.9 Å². The van der Waals surface area contributed by atoms with Crippen LogP contribution in [0.2, 0.25) is 0 Å². The highest BCUT2D eigenvalue weighted by atomic mass is 16.5. The molecule has 0 spiro atoms. The number of aliphatic hydroxyl groups is 1. The molecule has 0 aromatic carbocycles. The van der Waals surface area contributed by atoms with E-state index in [4.69, 9.17) is 14.9 Å². The lowest BCUT2D eigenvalue weighted by molar-refractivity contribution is -0.137. The molecule has 0 rings (SSSR count). The summed E-state index contributed by atoms with van der Waals surface area (Å²) in [5.74, 6) is -0.684. The Bertz CT molecular complexity index is 195. The van der Waals surface area contributed by atoms with Crippen LogP contribution in [0.25, 0.3) is 0 Å². The molecule has 0 atom stereocenters. The summed E-state index contributed by atoms with van der Waals surface area (Å²) in [5.41, 5.74) is 0. The number of aliphatic hydroxyl groups excluding tert-OH is 1. The van der Waals surface area contributed by atoms with Gasteiger partial charge in [-0.2, -0.15) is 0 Å². The molecule has 0 aliphatic rings. The molecular weight excluding hydrogens is 244 g/mol. The first kappa shape index (κ1) is 18.4. The third-order valence-electron chi connectivity index (χ3n) is 3.13. The van der Waals surface area contributed by atoms with E-state index in [1.165, 1.54) is 19.3 Å². The minimum absolute atomic E-state index is 0.284. The lowest BCUT2D eigenvalue weighted by Gasteiger charge is -2.04. The number of rotatable bonds is 15. The number of hydrogen-bond acceptors (Lipinski definition) is 3. The van der Waals surface area contributed by atoms with Crippen LogP contribution in [0, 0.1) is 0 Å². The minimum atomic E-state index is -0.684. The highest BCUT2D eigenvalue weighted by Gasteiger charge is 1.96. The van der Waals surface area contributed by atoms with Crippen LogP contribution in [0.5, 0.6) is 0 Å². The van der Waals surface area contributed by atoms with Crippen molar-refractivity contribution in [3.8, 4) is 0 Å². The van der Waals surface area contributed by atoms with Crippen LogP contribution in [0.3, 0.4) is 0 Å². The van der Waals surface area contributed by atoms with E-state index in [1.54, 1.807) is 0 Å². The maximum absolute atomic E-state index is 10.3. The largest absolute Gasteiger partial charge is 0.481 e. The average molecular weight is 274 g/mol. The molecule has 0 aliphatic carbocycles. The Morgan fingerprint density at radius 1 is 0.737 bits per heavy atom. The van der Waals surface area contributed by atoms with Gasteiger partial charge in [-0.15, -0.1) is 0 Å². The second kappa shape index (κ2) is 15.4. The highest BCUT2D eigenvalue weighted by Crippen LogP contribution is 2.08. The summed E-state index contributed by atoms with van der Waals surface area (Å²) in [6.07, 6.45) is 11.0. The molecule has 4 heteroatoms. The maximum atomic E-state index is 10.3. The van der Waals surface area contributed by atoms with Crippen molar-refractivity contribution in [1.82, 2.24) is 0 Å². The molecule has 0 saturated heterocycles. The number of ether oxygens (including phenoxy) is 1. The van der Waals surface area contributed by atoms with Crippen LogP contribution < -0.4 is 0 Å². The standard InChI is InChI=1S/C15H30O4/c16-12-8-6-10-14-19-13-9-5-3-1-2-4-7-11-15(17)18/h16H,1-14H2,(H,17,18). The molecule has 0 radical (unpaired) electrons. The molecule has 0 saturated carbocycles. The van der Waals surface area contributed by atoms with Crippen LogP contribution in [-0.2, 0) is 9.53 Å².